The lowest BCUT2D eigenvalue weighted by Crippen LogP contribution is -2.35. The quantitative estimate of drug-likeness (QED) is 0.547. The van der Waals surface area contributed by atoms with Gasteiger partial charge in [-0.05, 0) is 6.92 Å². The summed E-state index contributed by atoms with van der Waals surface area (Å²) in [7, 11) is 1.64. The molecule has 0 aromatic heterocycles. The Bertz CT molecular complexity index is 543. The summed E-state index contributed by atoms with van der Waals surface area (Å²) in [5.41, 5.74) is 0.964. The van der Waals surface area contributed by atoms with E-state index < -0.39 is 16.9 Å². The fourth-order valence-corrected chi connectivity index (χ4v) is 2.21. The molecule has 0 aliphatic carbocycles. The van der Waals surface area contributed by atoms with Crippen molar-refractivity contribution >= 4 is 0 Å². The second kappa shape index (κ2) is 4.50. The van der Waals surface area contributed by atoms with E-state index in [9.17, 15) is 20.6 Å². The first-order chi connectivity index (χ1) is 8.27. The highest BCUT2D eigenvalue weighted by Crippen LogP contribution is 2.43. The zero-order chi connectivity index (χ0) is 14.1. The number of rotatable bonds is 2. The first-order valence-electron chi connectivity index (χ1n) is 5.38. The van der Waals surface area contributed by atoms with E-state index in [1.807, 2.05) is 6.07 Å². The standard InChI is InChI=1S/C12H14N4O2/c1-8-9(5-13)12(2,3)10(6-14)11(15(8)4)7-16(17)18/h7H2,1-4H3. The number of likely N-dealkylation sites (N-methyl/N-ethyl adjacent to an activating group) is 1. The molecule has 0 aromatic carbocycles. The molecule has 0 unspecified atom stereocenters. The van der Waals surface area contributed by atoms with E-state index in [2.05, 4.69) is 6.07 Å². The molecule has 0 radical (unpaired) electrons. The number of nitrogens with zero attached hydrogens (tertiary/aromatic N) is 4. The molecule has 1 heterocycles. The van der Waals surface area contributed by atoms with E-state index in [1.54, 1.807) is 32.7 Å². The zero-order valence-corrected chi connectivity index (χ0v) is 10.8. The molecule has 0 N–H and O–H groups in total. The number of allylic oxidation sites excluding steroid dienone is 3. The SMILES string of the molecule is CC1=C(C#N)C(C)(C)C(C#N)=C(C[N+](=O)[O-])N1C. The van der Waals surface area contributed by atoms with E-state index in [-0.39, 0.29) is 5.57 Å². The van der Waals surface area contributed by atoms with Crippen molar-refractivity contribution in [3.8, 4) is 12.1 Å². The third-order valence-corrected chi connectivity index (χ3v) is 3.31. The van der Waals surface area contributed by atoms with Crippen LogP contribution in [0.2, 0.25) is 0 Å². The largest absolute Gasteiger partial charge is 0.345 e. The Morgan fingerprint density at radius 3 is 2.22 bits per heavy atom. The normalized spacial score (nSPS) is 18.4. The fourth-order valence-electron chi connectivity index (χ4n) is 2.21. The van der Waals surface area contributed by atoms with E-state index in [4.69, 9.17) is 0 Å². The fraction of sp³-hybridized carbons (Fsp3) is 0.500. The molecule has 0 saturated carbocycles. The zero-order valence-electron chi connectivity index (χ0n) is 10.8. The van der Waals surface area contributed by atoms with Gasteiger partial charge in [-0.3, -0.25) is 10.1 Å². The van der Waals surface area contributed by atoms with Crippen LogP contribution in [0.5, 0.6) is 0 Å². The highest BCUT2D eigenvalue weighted by atomic mass is 16.6. The molecule has 18 heavy (non-hydrogen) atoms. The van der Waals surface area contributed by atoms with Gasteiger partial charge in [-0.25, -0.2) is 0 Å². The van der Waals surface area contributed by atoms with Gasteiger partial charge in [0, 0.05) is 23.1 Å². The Hall–Kier alpha value is -2.34. The monoisotopic (exact) mass is 246 g/mol. The smallest absolute Gasteiger partial charge is 0.244 e. The third kappa shape index (κ3) is 1.93. The van der Waals surface area contributed by atoms with Crippen molar-refractivity contribution in [2.75, 3.05) is 13.6 Å². The number of hydrogen-bond donors (Lipinski definition) is 0. The van der Waals surface area contributed by atoms with Gasteiger partial charge in [0.05, 0.1) is 23.3 Å². The molecular formula is C12H14N4O2. The maximum atomic E-state index is 10.7. The van der Waals surface area contributed by atoms with Gasteiger partial charge in [0.25, 0.3) is 0 Å². The molecule has 0 fully saturated rings. The highest BCUT2D eigenvalue weighted by Gasteiger charge is 2.39. The van der Waals surface area contributed by atoms with Crippen LogP contribution in [-0.4, -0.2) is 23.4 Å². The Balaban J connectivity index is 3.51. The molecule has 6 nitrogen and oxygen atoms in total. The Kier molecular flexibility index (Phi) is 3.43. The Labute approximate surface area is 106 Å². The van der Waals surface area contributed by atoms with Crippen LogP contribution < -0.4 is 0 Å². The summed E-state index contributed by atoms with van der Waals surface area (Å²) in [6.07, 6.45) is 0. The molecule has 0 spiro atoms. The lowest BCUT2D eigenvalue weighted by molar-refractivity contribution is -0.473. The predicted molar refractivity (Wildman–Crippen MR) is 64.4 cm³/mol. The molecule has 0 atom stereocenters. The molecule has 0 amide bonds. The Morgan fingerprint density at radius 2 is 1.83 bits per heavy atom. The summed E-state index contributed by atoms with van der Waals surface area (Å²) in [5, 5.41) is 29.1. The van der Waals surface area contributed by atoms with Gasteiger partial charge in [0.15, 0.2) is 0 Å². The summed E-state index contributed by atoms with van der Waals surface area (Å²) in [6.45, 7) is 4.79. The van der Waals surface area contributed by atoms with Gasteiger partial charge >= 0.3 is 0 Å². The summed E-state index contributed by atoms with van der Waals surface area (Å²) in [6, 6.07) is 4.11. The van der Waals surface area contributed by atoms with Crippen molar-refractivity contribution in [1.29, 1.82) is 10.5 Å². The van der Waals surface area contributed by atoms with Gasteiger partial charge in [-0.1, -0.05) is 13.8 Å². The van der Waals surface area contributed by atoms with Gasteiger partial charge < -0.3 is 4.90 Å². The molecule has 0 aromatic rings. The molecule has 0 saturated heterocycles. The summed E-state index contributed by atoms with van der Waals surface area (Å²) in [4.78, 5) is 11.8. The minimum absolute atomic E-state index is 0.281. The third-order valence-electron chi connectivity index (χ3n) is 3.31. The van der Waals surface area contributed by atoms with Gasteiger partial charge in [-0.15, -0.1) is 0 Å². The maximum absolute atomic E-state index is 10.7. The van der Waals surface area contributed by atoms with Crippen LogP contribution in [0, 0.1) is 38.2 Å². The van der Waals surface area contributed by atoms with Crippen LogP contribution in [0.3, 0.4) is 0 Å². The highest BCUT2D eigenvalue weighted by molar-refractivity contribution is 5.51. The van der Waals surface area contributed by atoms with Gasteiger partial charge in [0.2, 0.25) is 6.54 Å². The molecular weight excluding hydrogens is 232 g/mol. The van der Waals surface area contributed by atoms with Crippen molar-refractivity contribution in [3.63, 3.8) is 0 Å². The molecule has 1 aliphatic rings. The van der Waals surface area contributed by atoms with E-state index in [0.29, 0.717) is 17.0 Å². The lowest BCUT2D eigenvalue weighted by atomic mass is 9.74. The minimum atomic E-state index is -0.786. The molecule has 94 valence electrons. The lowest BCUT2D eigenvalue weighted by Gasteiger charge is -2.36. The van der Waals surface area contributed by atoms with Gasteiger partial charge in [0.1, 0.15) is 5.70 Å². The molecule has 1 aliphatic heterocycles. The predicted octanol–water partition coefficient (Wildman–Crippen LogP) is 1.81. The van der Waals surface area contributed by atoms with Crippen LogP contribution in [0.15, 0.2) is 22.5 Å². The molecule has 1 rings (SSSR count). The number of nitriles is 2. The maximum Gasteiger partial charge on any atom is 0.244 e. The second-order valence-corrected chi connectivity index (χ2v) is 4.68. The van der Waals surface area contributed by atoms with Crippen LogP contribution in [0.4, 0.5) is 0 Å². The summed E-state index contributed by atoms with van der Waals surface area (Å²) >= 11 is 0. The summed E-state index contributed by atoms with van der Waals surface area (Å²) < 4.78 is 0. The number of hydrogen-bond acceptors (Lipinski definition) is 5. The van der Waals surface area contributed by atoms with Crippen molar-refractivity contribution in [2.24, 2.45) is 5.41 Å². The topological polar surface area (TPSA) is 94.0 Å². The van der Waals surface area contributed by atoms with Crippen LogP contribution in [0.1, 0.15) is 20.8 Å². The van der Waals surface area contributed by atoms with Crippen LogP contribution >= 0.6 is 0 Å². The van der Waals surface area contributed by atoms with E-state index in [0.717, 1.165) is 0 Å². The van der Waals surface area contributed by atoms with E-state index >= 15 is 0 Å². The first-order valence-corrected chi connectivity index (χ1v) is 5.38. The first kappa shape index (κ1) is 13.7. The second-order valence-electron chi connectivity index (χ2n) is 4.68. The van der Waals surface area contributed by atoms with Crippen molar-refractivity contribution in [3.05, 3.63) is 32.7 Å². The van der Waals surface area contributed by atoms with E-state index in [1.165, 1.54) is 0 Å². The average molecular weight is 246 g/mol. The van der Waals surface area contributed by atoms with Gasteiger partial charge in [-0.2, -0.15) is 10.5 Å². The summed E-state index contributed by atoms with van der Waals surface area (Å²) in [5.74, 6) is 0. The van der Waals surface area contributed by atoms with Crippen molar-refractivity contribution < 1.29 is 4.92 Å². The van der Waals surface area contributed by atoms with Crippen LogP contribution in [0.25, 0.3) is 0 Å². The molecule has 0 bridgehead atoms. The number of nitro groups is 1. The minimum Gasteiger partial charge on any atom is -0.345 e. The van der Waals surface area contributed by atoms with Crippen molar-refractivity contribution in [1.82, 2.24) is 4.90 Å². The van der Waals surface area contributed by atoms with Crippen LogP contribution in [-0.2, 0) is 0 Å². The van der Waals surface area contributed by atoms with Crippen molar-refractivity contribution in [2.45, 2.75) is 20.8 Å². The Morgan fingerprint density at radius 1 is 1.33 bits per heavy atom. The molecule has 6 heteroatoms. The average Bonchev–Trinajstić information content (AvgIpc) is 2.25.